The van der Waals surface area contributed by atoms with Crippen molar-refractivity contribution in [1.82, 2.24) is 9.80 Å². The number of nitrogens with zero attached hydrogens (tertiary/aromatic N) is 2. The Kier molecular flexibility index (Phi) is 7.67. The van der Waals surface area contributed by atoms with Crippen LogP contribution in [0.25, 0.3) is 0 Å². The van der Waals surface area contributed by atoms with Gasteiger partial charge in [0, 0.05) is 18.0 Å². The van der Waals surface area contributed by atoms with Crippen molar-refractivity contribution >= 4 is 23.2 Å². The molecule has 0 radical (unpaired) electrons. The van der Waals surface area contributed by atoms with Gasteiger partial charge in [0.25, 0.3) is 5.91 Å². The molecule has 1 atom stereocenters. The summed E-state index contributed by atoms with van der Waals surface area (Å²) in [6.07, 6.45) is 2.97. The number of hydrogen-bond donors (Lipinski definition) is 0. The fourth-order valence-corrected chi connectivity index (χ4v) is 5.01. The molecule has 0 N–H and O–H groups in total. The quantitative estimate of drug-likeness (QED) is 0.420. The van der Waals surface area contributed by atoms with E-state index in [1.165, 1.54) is 17.2 Å². The van der Waals surface area contributed by atoms with E-state index >= 15 is 0 Å². The minimum absolute atomic E-state index is 0.0536. The van der Waals surface area contributed by atoms with E-state index < -0.39 is 5.82 Å². The van der Waals surface area contributed by atoms with Gasteiger partial charge < -0.3 is 19.0 Å². The lowest BCUT2D eigenvalue weighted by atomic mass is 10.00. The van der Waals surface area contributed by atoms with Gasteiger partial charge in [-0.25, -0.2) is 4.39 Å². The number of rotatable bonds is 9. The lowest BCUT2D eigenvalue weighted by Gasteiger charge is -2.37. The van der Waals surface area contributed by atoms with Crippen molar-refractivity contribution in [2.45, 2.75) is 32.7 Å². The molecule has 0 spiro atoms. The smallest absolute Gasteiger partial charge is 0.290 e. The Morgan fingerprint density at radius 3 is 2.79 bits per heavy atom. The van der Waals surface area contributed by atoms with Crippen LogP contribution < -0.4 is 4.74 Å². The van der Waals surface area contributed by atoms with Crippen molar-refractivity contribution < 1.29 is 23.1 Å². The molecule has 8 heteroatoms. The third-order valence-corrected chi connectivity index (χ3v) is 6.97. The largest absolute Gasteiger partial charge is 0.488 e. The van der Waals surface area contributed by atoms with E-state index in [2.05, 4.69) is 13.8 Å². The summed E-state index contributed by atoms with van der Waals surface area (Å²) >= 11 is 1.65. The zero-order valence-electron chi connectivity index (χ0n) is 19.4. The maximum absolute atomic E-state index is 14.1. The van der Waals surface area contributed by atoms with Crippen LogP contribution in [-0.2, 0) is 11.2 Å². The highest BCUT2D eigenvalue weighted by Gasteiger charge is 2.34. The summed E-state index contributed by atoms with van der Waals surface area (Å²) in [6.45, 7) is 5.21. The van der Waals surface area contributed by atoms with Crippen LogP contribution in [0, 0.1) is 11.7 Å². The highest BCUT2D eigenvalue weighted by Crippen LogP contribution is 2.34. The van der Waals surface area contributed by atoms with E-state index in [4.69, 9.17) is 9.15 Å². The number of ether oxygens (including phenoxy) is 1. The van der Waals surface area contributed by atoms with Crippen LogP contribution in [0.5, 0.6) is 5.75 Å². The second kappa shape index (κ2) is 10.9. The van der Waals surface area contributed by atoms with Crippen molar-refractivity contribution in [2.75, 3.05) is 26.2 Å². The number of benzene rings is 1. The second-order valence-electron chi connectivity index (χ2n) is 8.78. The molecule has 0 saturated carbocycles. The summed E-state index contributed by atoms with van der Waals surface area (Å²) in [5, 5.41) is 2.00. The number of hydrogen-bond acceptors (Lipinski definition) is 5. The first-order valence-corrected chi connectivity index (χ1v) is 12.4. The van der Waals surface area contributed by atoms with Crippen molar-refractivity contribution in [1.29, 1.82) is 0 Å². The first-order valence-electron chi connectivity index (χ1n) is 11.5. The van der Waals surface area contributed by atoms with Crippen molar-refractivity contribution in [2.24, 2.45) is 5.92 Å². The van der Waals surface area contributed by atoms with Crippen molar-refractivity contribution in [3.63, 3.8) is 0 Å². The number of halogens is 1. The topological polar surface area (TPSA) is 63.0 Å². The van der Waals surface area contributed by atoms with Crippen LogP contribution in [0.3, 0.4) is 0 Å². The van der Waals surface area contributed by atoms with E-state index in [1.54, 1.807) is 51.5 Å². The lowest BCUT2D eigenvalue weighted by molar-refractivity contribution is -0.135. The van der Waals surface area contributed by atoms with Gasteiger partial charge in [-0.15, -0.1) is 11.3 Å². The molecule has 1 aromatic carbocycles. The normalized spacial score (nSPS) is 15.3. The molecule has 4 rings (SSSR count). The Hall–Kier alpha value is -3.13. The summed E-state index contributed by atoms with van der Waals surface area (Å²) in [5.41, 5.74) is 1.02. The number of carbonyl (C=O) groups excluding carboxylic acids is 2. The summed E-state index contributed by atoms with van der Waals surface area (Å²) < 4.78 is 25.2. The van der Waals surface area contributed by atoms with E-state index in [-0.39, 0.29) is 42.5 Å². The van der Waals surface area contributed by atoms with Gasteiger partial charge >= 0.3 is 0 Å². The molecular formula is C26H29FN2O4S. The van der Waals surface area contributed by atoms with Gasteiger partial charge in [-0.1, -0.05) is 26.0 Å². The number of thiophene rings is 1. The second-order valence-corrected chi connectivity index (χ2v) is 9.78. The summed E-state index contributed by atoms with van der Waals surface area (Å²) in [6, 6.07) is 11.2. The maximum Gasteiger partial charge on any atom is 0.290 e. The first kappa shape index (κ1) is 24.0. The molecule has 1 aliphatic heterocycles. The Morgan fingerprint density at radius 1 is 1.24 bits per heavy atom. The van der Waals surface area contributed by atoms with E-state index in [0.717, 1.165) is 18.4 Å². The summed E-state index contributed by atoms with van der Waals surface area (Å²) in [4.78, 5) is 31.1. The molecule has 0 saturated heterocycles. The molecular weight excluding hydrogens is 455 g/mol. The molecule has 180 valence electrons. The maximum atomic E-state index is 14.1. The third-order valence-electron chi connectivity index (χ3n) is 5.97. The first-order chi connectivity index (χ1) is 16.4. The minimum Gasteiger partial charge on any atom is -0.488 e. The number of fused-ring (bicyclic) bond motifs is 1. The fourth-order valence-electron chi connectivity index (χ4n) is 4.08. The molecule has 1 aliphatic rings. The third kappa shape index (κ3) is 5.50. The molecule has 2 amide bonds. The SMILES string of the molecule is CC(C)CCN(CC(=O)N1CCc2sccc2[C@H]1COc1ccccc1F)C(=O)c1ccco1. The van der Waals surface area contributed by atoms with Crippen LogP contribution in [0.2, 0.25) is 0 Å². The van der Waals surface area contributed by atoms with Crippen LogP contribution >= 0.6 is 11.3 Å². The van der Waals surface area contributed by atoms with Crippen LogP contribution in [-0.4, -0.2) is 47.9 Å². The van der Waals surface area contributed by atoms with E-state index in [0.29, 0.717) is 19.0 Å². The minimum atomic E-state index is -0.439. The molecule has 0 unspecified atom stereocenters. The van der Waals surface area contributed by atoms with Gasteiger partial charge in [-0.2, -0.15) is 0 Å². The van der Waals surface area contributed by atoms with Crippen LogP contribution in [0.4, 0.5) is 4.39 Å². The number of para-hydroxylation sites is 1. The monoisotopic (exact) mass is 484 g/mol. The van der Waals surface area contributed by atoms with E-state index in [1.807, 2.05) is 11.4 Å². The van der Waals surface area contributed by atoms with Gasteiger partial charge in [0.15, 0.2) is 17.3 Å². The zero-order chi connectivity index (χ0) is 24.1. The highest BCUT2D eigenvalue weighted by molar-refractivity contribution is 7.10. The predicted molar refractivity (Wildman–Crippen MR) is 128 cm³/mol. The lowest BCUT2D eigenvalue weighted by Crippen LogP contribution is -2.48. The highest BCUT2D eigenvalue weighted by atomic mass is 32.1. The van der Waals surface area contributed by atoms with Crippen LogP contribution in [0.15, 0.2) is 58.5 Å². The van der Waals surface area contributed by atoms with Gasteiger partial charge in [0.1, 0.15) is 13.2 Å². The Balaban J connectivity index is 1.52. The fraction of sp³-hybridized carbons (Fsp3) is 0.385. The Labute approximate surface area is 202 Å². The molecule has 0 fully saturated rings. The molecule has 3 heterocycles. The van der Waals surface area contributed by atoms with E-state index in [9.17, 15) is 14.0 Å². The Bertz CT molecular complexity index is 1110. The van der Waals surface area contributed by atoms with Crippen LogP contribution in [0.1, 0.15) is 47.3 Å². The Morgan fingerprint density at radius 2 is 2.06 bits per heavy atom. The zero-order valence-corrected chi connectivity index (χ0v) is 20.2. The predicted octanol–water partition coefficient (Wildman–Crippen LogP) is 5.17. The number of furan rings is 1. The summed E-state index contributed by atoms with van der Waals surface area (Å²) in [5.74, 6) is -0.148. The van der Waals surface area contributed by atoms with Gasteiger partial charge in [-0.05, 0) is 60.0 Å². The molecule has 2 aromatic heterocycles. The molecule has 0 aliphatic carbocycles. The molecule has 0 bridgehead atoms. The number of amides is 2. The molecule has 34 heavy (non-hydrogen) atoms. The average Bonchev–Trinajstić information content (AvgIpc) is 3.52. The average molecular weight is 485 g/mol. The van der Waals surface area contributed by atoms with Gasteiger partial charge in [-0.3, -0.25) is 9.59 Å². The summed E-state index contributed by atoms with van der Waals surface area (Å²) in [7, 11) is 0. The van der Waals surface area contributed by atoms with Gasteiger partial charge in [0.05, 0.1) is 12.3 Å². The molecule has 3 aromatic rings. The standard InChI is InChI=1S/C26H29FN2O4S/c1-18(2)9-12-28(26(31)23-8-5-14-32-23)16-25(30)29-13-10-24-19(11-15-34-24)21(29)17-33-22-7-4-3-6-20(22)27/h3-8,11,14-15,18,21H,9-10,12-13,16-17H2,1-2H3/t21-/m1/s1. The van der Waals surface area contributed by atoms with Crippen molar-refractivity contribution in [3.05, 3.63) is 76.1 Å². The molecule has 6 nitrogen and oxygen atoms in total. The van der Waals surface area contributed by atoms with Gasteiger partial charge in [0.2, 0.25) is 5.91 Å². The number of carbonyl (C=O) groups is 2. The van der Waals surface area contributed by atoms with Crippen molar-refractivity contribution in [3.8, 4) is 5.75 Å².